The Balaban J connectivity index is 3.61. The Bertz CT molecular complexity index is 103. The van der Waals surface area contributed by atoms with E-state index in [1.54, 1.807) is 0 Å². The highest BCUT2D eigenvalue weighted by Crippen LogP contribution is 1.83. The lowest BCUT2D eigenvalue weighted by atomic mass is 10.8. The number of nitriles is 1. The molecule has 4 heteroatoms. The Labute approximate surface area is 42.6 Å². The maximum Gasteiger partial charge on any atom is 0.298 e. The minimum atomic E-state index is -1.06. The molecule has 0 bridgehead atoms. The quantitative estimate of drug-likeness (QED) is 0.479. The number of hydrogen-bond donors (Lipinski definition) is 0. The summed E-state index contributed by atoms with van der Waals surface area (Å²) >= 11 is 2.37. The Morgan fingerprint density at radius 3 is 2.50 bits per heavy atom. The molecule has 0 rings (SSSR count). The first-order valence-electron chi connectivity index (χ1n) is 1.06. The Morgan fingerprint density at radius 1 is 2.00 bits per heavy atom. The molecule has 2 nitrogen and oxygen atoms in total. The Kier molecular flexibility index (Phi) is 2.59. The third kappa shape index (κ3) is 1.85. The van der Waals surface area contributed by atoms with Gasteiger partial charge in [-0.15, -0.1) is 0 Å². The van der Waals surface area contributed by atoms with E-state index in [2.05, 4.69) is 20.2 Å². The number of halogens is 2. The monoisotopic (exact) mass is 150 g/mol. The predicted octanol–water partition coefficient (Wildman–Crippen LogP) is 1.19. The molecule has 0 N–H and O–H groups in total. The maximum absolute atomic E-state index is 11.2. The summed E-state index contributed by atoms with van der Waals surface area (Å²) < 4.78 is 13.9. The van der Waals surface area contributed by atoms with E-state index >= 15 is 0 Å². The maximum atomic E-state index is 11.2. The van der Waals surface area contributed by atoms with Gasteiger partial charge < -0.3 is 0 Å². The van der Waals surface area contributed by atoms with E-state index in [-0.39, 0.29) is 0 Å². The van der Waals surface area contributed by atoms with Crippen LogP contribution in [0.4, 0.5) is 4.39 Å². The summed E-state index contributed by atoms with van der Waals surface area (Å²) in [4.78, 5) is 0. The van der Waals surface area contributed by atoms with Gasteiger partial charge in [-0.2, -0.15) is 13.7 Å². The van der Waals surface area contributed by atoms with Gasteiger partial charge in [-0.3, -0.25) is 0 Å². The van der Waals surface area contributed by atoms with Crippen LogP contribution in [0.15, 0.2) is 4.02 Å². The lowest BCUT2D eigenvalue weighted by Crippen LogP contribution is -1.72. The molecule has 0 saturated carbocycles. The molecule has 0 radical (unpaired) electrons. The van der Waals surface area contributed by atoms with Crippen LogP contribution in [0.3, 0.4) is 0 Å². The SMILES string of the molecule is N#CC(F)=NBr. The second kappa shape index (κ2) is 2.79. The fraction of sp³-hybridized carbons (Fsp3) is 0. The first-order valence-corrected chi connectivity index (χ1v) is 1.76. The molecule has 0 amide bonds. The molecule has 0 atom stereocenters. The van der Waals surface area contributed by atoms with Crippen molar-refractivity contribution in [3.05, 3.63) is 0 Å². The van der Waals surface area contributed by atoms with Crippen LogP contribution in [-0.2, 0) is 0 Å². The standard InChI is InChI=1S/C2BrFN2/c3-6-2(4)1-5. The molecule has 0 aromatic rings. The summed E-state index contributed by atoms with van der Waals surface area (Å²) in [5.41, 5.74) is 0. The molecule has 0 aliphatic rings. The van der Waals surface area contributed by atoms with Crippen molar-refractivity contribution in [3.63, 3.8) is 0 Å². The topological polar surface area (TPSA) is 36.1 Å². The molecule has 0 heterocycles. The average molecular weight is 151 g/mol. The van der Waals surface area contributed by atoms with Gasteiger partial charge in [0.1, 0.15) is 0 Å². The van der Waals surface area contributed by atoms with Crippen LogP contribution in [0.25, 0.3) is 0 Å². The molecule has 0 aromatic carbocycles. The van der Waals surface area contributed by atoms with Crippen molar-refractivity contribution in [1.82, 2.24) is 0 Å². The summed E-state index contributed by atoms with van der Waals surface area (Å²) in [5, 5.41) is 7.55. The lowest BCUT2D eigenvalue weighted by molar-refractivity contribution is 0.821. The molecule has 0 saturated heterocycles. The fourth-order valence-electron chi connectivity index (χ4n) is 0.0189. The average Bonchev–Trinajstić information content (AvgIpc) is 1.65. The minimum Gasteiger partial charge on any atom is -0.188 e. The van der Waals surface area contributed by atoms with Crippen molar-refractivity contribution in [3.8, 4) is 6.07 Å². The minimum absolute atomic E-state index is 1.06. The van der Waals surface area contributed by atoms with Crippen molar-refractivity contribution in [2.24, 2.45) is 4.02 Å². The summed E-state index contributed by atoms with van der Waals surface area (Å²) in [6.45, 7) is 0. The normalized spacial score (nSPS) is 10.5. The molecule has 0 fully saturated rings. The van der Waals surface area contributed by atoms with Crippen LogP contribution in [0, 0.1) is 11.3 Å². The largest absolute Gasteiger partial charge is 0.298 e. The van der Waals surface area contributed by atoms with Gasteiger partial charge in [0.25, 0.3) is 5.97 Å². The van der Waals surface area contributed by atoms with Gasteiger partial charge in [0.05, 0.1) is 16.1 Å². The highest BCUT2D eigenvalue weighted by Gasteiger charge is 1.82. The van der Waals surface area contributed by atoms with E-state index in [9.17, 15) is 4.39 Å². The summed E-state index contributed by atoms with van der Waals surface area (Å²) in [6, 6.07) is 1.15. The van der Waals surface area contributed by atoms with Gasteiger partial charge in [-0.1, -0.05) is 0 Å². The van der Waals surface area contributed by atoms with Gasteiger partial charge in [0.15, 0.2) is 6.07 Å². The van der Waals surface area contributed by atoms with Crippen molar-refractivity contribution < 1.29 is 4.39 Å². The molecule has 0 spiro atoms. The van der Waals surface area contributed by atoms with Crippen LogP contribution in [0.5, 0.6) is 0 Å². The van der Waals surface area contributed by atoms with Crippen LogP contribution in [-0.4, -0.2) is 5.97 Å². The molecular weight excluding hydrogens is 151 g/mol. The molecule has 0 aliphatic heterocycles. The van der Waals surface area contributed by atoms with E-state index in [1.807, 2.05) is 0 Å². The van der Waals surface area contributed by atoms with Gasteiger partial charge in [-0.05, 0) is 0 Å². The highest BCUT2D eigenvalue weighted by molar-refractivity contribution is 9.08. The van der Waals surface area contributed by atoms with Crippen LogP contribution in [0.1, 0.15) is 0 Å². The Morgan fingerprint density at radius 2 is 2.50 bits per heavy atom. The second-order valence-corrected chi connectivity index (χ2v) is 0.842. The molecular formula is C2BrFN2. The summed E-state index contributed by atoms with van der Waals surface area (Å²) in [6.07, 6.45) is 0. The van der Waals surface area contributed by atoms with E-state index in [0.29, 0.717) is 0 Å². The van der Waals surface area contributed by atoms with Gasteiger partial charge in [0, 0.05) is 0 Å². The third-order valence-corrected chi connectivity index (χ3v) is 0.478. The van der Waals surface area contributed by atoms with Crippen LogP contribution in [0.2, 0.25) is 0 Å². The molecule has 0 unspecified atom stereocenters. The van der Waals surface area contributed by atoms with E-state index < -0.39 is 5.97 Å². The first kappa shape index (κ1) is 5.57. The van der Waals surface area contributed by atoms with Crippen molar-refractivity contribution in [2.75, 3.05) is 0 Å². The number of rotatable bonds is 0. The van der Waals surface area contributed by atoms with Crippen LogP contribution >= 0.6 is 16.1 Å². The molecule has 32 valence electrons. The predicted molar refractivity (Wildman–Crippen MR) is 23.1 cm³/mol. The summed E-state index contributed by atoms with van der Waals surface area (Å²) in [7, 11) is 0. The van der Waals surface area contributed by atoms with Crippen LogP contribution < -0.4 is 0 Å². The van der Waals surface area contributed by atoms with Crippen molar-refractivity contribution in [1.29, 1.82) is 5.26 Å². The molecule has 0 aliphatic carbocycles. The lowest BCUT2D eigenvalue weighted by Gasteiger charge is -1.62. The zero-order chi connectivity index (χ0) is 4.99. The first-order chi connectivity index (χ1) is 2.81. The van der Waals surface area contributed by atoms with E-state index in [0.717, 1.165) is 6.07 Å². The number of nitrogens with zero attached hydrogens (tertiary/aromatic N) is 2. The van der Waals surface area contributed by atoms with Gasteiger partial charge >= 0.3 is 0 Å². The second-order valence-electron chi connectivity index (χ2n) is 0.487. The van der Waals surface area contributed by atoms with E-state index in [4.69, 9.17) is 5.26 Å². The van der Waals surface area contributed by atoms with Gasteiger partial charge in [-0.25, -0.2) is 0 Å². The summed E-state index contributed by atoms with van der Waals surface area (Å²) in [5.74, 6) is -1.06. The van der Waals surface area contributed by atoms with E-state index in [1.165, 1.54) is 0 Å². The van der Waals surface area contributed by atoms with Crippen molar-refractivity contribution in [2.45, 2.75) is 0 Å². The molecule has 6 heavy (non-hydrogen) atoms. The zero-order valence-electron chi connectivity index (χ0n) is 2.65. The fourth-order valence-corrected chi connectivity index (χ4v) is 0.0982. The van der Waals surface area contributed by atoms with Gasteiger partial charge in [0.2, 0.25) is 0 Å². The molecule has 0 aromatic heterocycles. The Hall–Kier alpha value is -0.430. The smallest absolute Gasteiger partial charge is 0.188 e. The third-order valence-electron chi connectivity index (χ3n) is 0.166. The van der Waals surface area contributed by atoms with Crippen molar-refractivity contribution >= 4 is 22.1 Å². The zero-order valence-corrected chi connectivity index (χ0v) is 4.24. The number of hydrogen-bond acceptors (Lipinski definition) is 2. The highest BCUT2D eigenvalue weighted by atomic mass is 79.9.